The smallest absolute Gasteiger partial charge is 0.350 e. The molecule has 0 saturated heterocycles. The topological polar surface area (TPSA) is 93.7 Å². The lowest BCUT2D eigenvalue weighted by Gasteiger charge is -2.07. The number of fused-ring (bicyclic) bond motifs is 1. The number of benzene rings is 2. The Labute approximate surface area is 175 Å². The zero-order valence-electron chi connectivity index (χ0n) is 15.6. The molecule has 0 radical (unpaired) electrons. The highest BCUT2D eigenvalue weighted by atomic mass is 35.5. The van der Waals surface area contributed by atoms with Crippen LogP contribution in [0.15, 0.2) is 42.5 Å². The van der Waals surface area contributed by atoms with E-state index < -0.39 is 18.5 Å². The first-order valence-corrected chi connectivity index (χ1v) is 9.67. The van der Waals surface area contributed by atoms with Gasteiger partial charge in [0.1, 0.15) is 10.6 Å². The molecule has 0 spiro atoms. The number of hydrogen-bond acceptors (Lipinski definition) is 6. The summed E-state index contributed by atoms with van der Waals surface area (Å²) in [5.41, 5.74) is 1.12. The monoisotopic (exact) mass is 432 g/mol. The van der Waals surface area contributed by atoms with Gasteiger partial charge in [-0.25, -0.2) is 4.79 Å². The van der Waals surface area contributed by atoms with Gasteiger partial charge in [-0.3, -0.25) is 9.59 Å². The number of halogens is 1. The van der Waals surface area contributed by atoms with E-state index >= 15 is 0 Å². The lowest BCUT2D eigenvalue weighted by atomic mass is 10.2. The van der Waals surface area contributed by atoms with E-state index in [1.807, 2.05) is 0 Å². The molecule has 7 nitrogen and oxygen atoms in total. The first-order valence-electron chi connectivity index (χ1n) is 8.48. The van der Waals surface area contributed by atoms with Crippen molar-refractivity contribution < 1.29 is 23.9 Å². The third-order valence-electron chi connectivity index (χ3n) is 3.85. The molecule has 3 aromatic rings. The summed E-state index contributed by atoms with van der Waals surface area (Å²) >= 11 is 7.45. The van der Waals surface area contributed by atoms with Crippen molar-refractivity contribution in [1.82, 2.24) is 0 Å². The first-order chi connectivity index (χ1) is 13.9. The van der Waals surface area contributed by atoms with Crippen LogP contribution in [0.2, 0.25) is 5.02 Å². The summed E-state index contributed by atoms with van der Waals surface area (Å²) in [6, 6.07) is 11.8. The highest BCUT2D eigenvalue weighted by Crippen LogP contribution is 2.37. The third kappa shape index (κ3) is 5.04. The van der Waals surface area contributed by atoms with Crippen molar-refractivity contribution in [1.29, 1.82) is 0 Å². The maximum absolute atomic E-state index is 12.3. The molecular weight excluding hydrogens is 416 g/mol. The highest BCUT2D eigenvalue weighted by molar-refractivity contribution is 7.21. The standard InChI is InChI=1S/C20H17ClN2O5S/c1-11(24)22-12-3-5-13(6-4-12)23-17(25)10-28-20(26)19-18(21)15-8-7-14(27-2)9-16(15)29-19/h3-9H,10H2,1-2H3,(H,22,24)(H,23,25). The van der Waals surface area contributed by atoms with E-state index in [4.69, 9.17) is 21.1 Å². The summed E-state index contributed by atoms with van der Waals surface area (Å²) in [5.74, 6) is -0.706. The molecule has 0 aliphatic carbocycles. The Balaban J connectivity index is 1.60. The van der Waals surface area contributed by atoms with Crippen LogP contribution in [0.25, 0.3) is 10.1 Å². The molecule has 2 N–H and O–H groups in total. The fourth-order valence-corrected chi connectivity index (χ4v) is 3.97. The van der Waals surface area contributed by atoms with Gasteiger partial charge in [0.25, 0.3) is 5.91 Å². The minimum atomic E-state index is -0.675. The van der Waals surface area contributed by atoms with Crippen LogP contribution in [0.3, 0.4) is 0 Å². The van der Waals surface area contributed by atoms with Crippen molar-refractivity contribution in [3.8, 4) is 5.75 Å². The van der Waals surface area contributed by atoms with Crippen LogP contribution in [-0.4, -0.2) is 31.5 Å². The number of anilines is 2. The Hall–Kier alpha value is -3.10. The normalized spacial score (nSPS) is 10.4. The van der Waals surface area contributed by atoms with Gasteiger partial charge in [0.15, 0.2) is 6.61 Å². The van der Waals surface area contributed by atoms with Crippen LogP contribution in [0.4, 0.5) is 11.4 Å². The molecule has 0 atom stereocenters. The van der Waals surface area contributed by atoms with E-state index in [2.05, 4.69) is 10.6 Å². The minimum absolute atomic E-state index is 0.188. The maximum atomic E-state index is 12.3. The number of rotatable bonds is 6. The van der Waals surface area contributed by atoms with E-state index in [0.717, 1.165) is 4.70 Å². The SMILES string of the molecule is COc1ccc2c(Cl)c(C(=O)OCC(=O)Nc3ccc(NC(C)=O)cc3)sc2c1. The minimum Gasteiger partial charge on any atom is -0.497 e. The van der Waals surface area contributed by atoms with Gasteiger partial charge in [0.2, 0.25) is 5.91 Å². The van der Waals surface area contributed by atoms with Crippen LogP contribution in [0, 0.1) is 0 Å². The molecule has 0 fully saturated rings. The lowest BCUT2D eigenvalue weighted by molar-refractivity contribution is -0.119. The molecule has 1 heterocycles. The van der Waals surface area contributed by atoms with Crippen molar-refractivity contribution in [3.63, 3.8) is 0 Å². The number of carbonyl (C=O) groups excluding carboxylic acids is 3. The number of thiophene rings is 1. The molecule has 3 rings (SSSR count). The van der Waals surface area contributed by atoms with E-state index in [1.54, 1.807) is 49.6 Å². The summed E-state index contributed by atoms with van der Waals surface area (Å²) in [5, 5.41) is 6.24. The number of amides is 2. The molecule has 2 aromatic carbocycles. The van der Waals surface area contributed by atoms with Gasteiger partial charge in [-0.15, -0.1) is 11.3 Å². The Morgan fingerprint density at radius 1 is 1.03 bits per heavy atom. The molecule has 0 saturated carbocycles. The Kier molecular flexibility index (Phi) is 6.36. The number of ether oxygens (including phenoxy) is 2. The molecule has 0 aliphatic rings. The van der Waals surface area contributed by atoms with Crippen molar-refractivity contribution in [3.05, 3.63) is 52.4 Å². The van der Waals surface area contributed by atoms with Gasteiger partial charge in [-0.05, 0) is 42.5 Å². The average molecular weight is 433 g/mol. The third-order valence-corrected chi connectivity index (χ3v) is 5.48. The summed E-state index contributed by atoms with van der Waals surface area (Å²) in [7, 11) is 1.55. The Morgan fingerprint density at radius 2 is 1.69 bits per heavy atom. The summed E-state index contributed by atoms with van der Waals surface area (Å²) in [6.07, 6.45) is 0. The average Bonchev–Trinajstić information content (AvgIpc) is 3.03. The van der Waals surface area contributed by atoms with E-state index in [-0.39, 0.29) is 15.8 Å². The fourth-order valence-electron chi connectivity index (χ4n) is 2.54. The van der Waals surface area contributed by atoms with Gasteiger partial charge in [0, 0.05) is 28.4 Å². The number of methoxy groups -OCH3 is 1. The molecule has 0 bridgehead atoms. The first kappa shape index (κ1) is 20.6. The van der Waals surface area contributed by atoms with Gasteiger partial charge >= 0.3 is 5.97 Å². The zero-order chi connectivity index (χ0) is 21.0. The largest absolute Gasteiger partial charge is 0.497 e. The highest BCUT2D eigenvalue weighted by Gasteiger charge is 2.20. The molecule has 2 amide bonds. The van der Waals surface area contributed by atoms with Crippen LogP contribution in [0.1, 0.15) is 16.6 Å². The number of carbonyl (C=O) groups is 3. The van der Waals surface area contributed by atoms with Gasteiger partial charge in [-0.1, -0.05) is 11.6 Å². The van der Waals surface area contributed by atoms with Crippen molar-refractivity contribution in [2.45, 2.75) is 6.92 Å². The molecule has 0 unspecified atom stereocenters. The van der Waals surface area contributed by atoms with Crippen LogP contribution < -0.4 is 15.4 Å². The van der Waals surface area contributed by atoms with Gasteiger partial charge in [0.05, 0.1) is 12.1 Å². The van der Waals surface area contributed by atoms with E-state index in [0.29, 0.717) is 22.5 Å². The van der Waals surface area contributed by atoms with Crippen molar-refractivity contribution in [2.75, 3.05) is 24.4 Å². The number of nitrogens with one attached hydrogen (secondary N) is 2. The molecule has 9 heteroatoms. The van der Waals surface area contributed by atoms with Gasteiger partial charge in [-0.2, -0.15) is 0 Å². The van der Waals surface area contributed by atoms with Crippen LogP contribution >= 0.6 is 22.9 Å². The van der Waals surface area contributed by atoms with E-state index in [9.17, 15) is 14.4 Å². The molecule has 150 valence electrons. The van der Waals surface area contributed by atoms with E-state index in [1.165, 1.54) is 18.3 Å². The summed E-state index contributed by atoms with van der Waals surface area (Å²) in [6.45, 7) is 0.948. The number of hydrogen-bond donors (Lipinski definition) is 2. The van der Waals surface area contributed by atoms with Crippen LogP contribution in [-0.2, 0) is 14.3 Å². The molecular formula is C20H17ClN2O5S. The fraction of sp³-hybridized carbons (Fsp3) is 0.150. The molecule has 1 aromatic heterocycles. The summed E-state index contributed by atoms with van der Waals surface area (Å²) in [4.78, 5) is 35.6. The van der Waals surface area contributed by atoms with Crippen LogP contribution in [0.5, 0.6) is 5.75 Å². The van der Waals surface area contributed by atoms with Gasteiger partial charge < -0.3 is 20.1 Å². The predicted molar refractivity (Wildman–Crippen MR) is 113 cm³/mol. The second kappa shape index (κ2) is 8.93. The zero-order valence-corrected chi connectivity index (χ0v) is 17.1. The quantitative estimate of drug-likeness (QED) is 0.566. The molecule has 29 heavy (non-hydrogen) atoms. The Morgan fingerprint density at radius 3 is 2.31 bits per heavy atom. The molecule has 0 aliphatic heterocycles. The second-order valence-corrected chi connectivity index (χ2v) is 7.42. The van der Waals surface area contributed by atoms with Crippen molar-refractivity contribution >= 4 is 62.2 Å². The lowest BCUT2D eigenvalue weighted by Crippen LogP contribution is -2.20. The van der Waals surface area contributed by atoms with Crippen molar-refractivity contribution in [2.24, 2.45) is 0 Å². The maximum Gasteiger partial charge on any atom is 0.350 e. The second-order valence-electron chi connectivity index (χ2n) is 5.99. The predicted octanol–water partition coefficient (Wildman–Crippen LogP) is 4.32. The summed E-state index contributed by atoms with van der Waals surface area (Å²) < 4.78 is 11.0. The Bertz CT molecular complexity index is 1080. The number of esters is 1.